The Morgan fingerprint density at radius 3 is 2.26 bits per heavy atom. The highest BCUT2D eigenvalue weighted by molar-refractivity contribution is 7.89. The molecular formula is C27H30Cl2N4O3S2. The second-order valence-corrected chi connectivity index (χ2v) is 12.6. The number of nitrogens with zero attached hydrogens (tertiary/aromatic N) is 4. The van der Waals surface area contributed by atoms with Crippen molar-refractivity contribution in [3.63, 3.8) is 0 Å². The molecule has 1 heterocycles. The van der Waals surface area contributed by atoms with Crippen LogP contribution in [0.25, 0.3) is 10.2 Å². The molecule has 0 atom stereocenters. The summed E-state index contributed by atoms with van der Waals surface area (Å²) >= 11 is 7.64. The van der Waals surface area contributed by atoms with Crippen LogP contribution in [-0.4, -0.2) is 62.7 Å². The smallest absolute Gasteiger partial charge is 0.260 e. The van der Waals surface area contributed by atoms with Crippen LogP contribution in [0, 0.1) is 6.92 Å². The summed E-state index contributed by atoms with van der Waals surface area (Å²) in [4.78, 5) is 22.1. The van der Waals surface area contributed by atoms with Crippen LogP contribution in [-0.2, 0) is 16.6 Å². The number of carbonyl (C=O) groups excluding carboxylic acids is 1. The van der Waals surface area contributed by atoms with E-state index in [2.05, 4.69) is 0 Å². The van der Waals surface area contributed by atoms with Crippen LogP contribution >= 0.6 is 35.3 Å². The van der Waals surface area contributed by atoms with Crippen molar-refractivity contribution < 1.29 is 13.2 Å². The first kappa shape index (κ1) is 30.0. The molecule has 3 aromatic carbocycles. The lowest BCUT2D eigenvalue weighted by atomic mass is 10.2. The molecule has 7 nitrogen and oxygen atoms in total. The third kappa shape index (κ3) is 6.72. The number of thiazole rings is 1. The molecule has 38 heavy (non-hydrogen) atoms. The number of amides is 1. The van der Waals surface area contributed by atoms with Gasteiger partial charge in [-0.3, -0.25) is 9.69 Å². The number of fused-ring (bicyclic) bond motifs is 1. The summed E-state index contributed by atoms with van der Waals surface area (Å²) < 4.78 is 28.4. The van der Waals surface area contributed by atoms with Crippen molar-refractivity contribution >= 4 is 66.6 Å². The molecule has 0 saturated heterocycles. The maximum Gasteiger partial charge on any atom is 0.260 e. The van der Waals surface area contributed by atoms with E-state index in [1.807, 2.05) is 68.4 Å². The van der Waals surface area contributed by atoms with E-state index in [0.717, 1.165) is 21.3 Å². The van der Waals surface area contributed by atoms with Gasteiger partial charge in [0.2, 0.25) is 10.0 Å². The third-order valence-corrected chi connectivity index (χ3v) is 9.00. The Kier molecular flexibility index (Phi) is 9.91. The molecule has 0 unspecified atom stereocenters. The highest BCUT2D eigenvalue weighted by Gasteiger charge is 2.25. The number of sulfonamides is 1. The van der Waals surface area contributed by atoms with Crippen molar-refractivity contribution in [2.45, 2.75) is 18.4 Å². The summed E-state index contributed by atoms with van der Waals surface area (Å²) in [5, 5.41) is 1.20. The zero-order valence-electron chi connectivity index (χ0n) is 21.6. The van der Waals surface area contributed by atoms with Gasteiger partial charge in [0, 0.05) is 37.3 Å². The first-order valence-electron chi connectivity index (χ1n) is 11.7. The quantitative estimate of drug-likeness (QED) is 0.249. The summed E-state index contributed by atoms with van der Waals surface area (Å²) in [6, 6.07) is 19.2. The van der Waals surface area contributed by atoms with Crippen molar-refractivity contribution in [3.8, 4) is 0 Å². The summed E-state index contributed by atoms with van der Waals surface area (Å²) in [6.45, 7) is 3.26. The lowest BCUT2D eigenvalue weighted by Crippen LogP contribution is -2.36. The second kappa shape index (κ2) is 12.5. The Labute approximate surface area is 239 Å². The van der Waals surface area contributed by atoms with E-state index in [1.54, 1.807) is 24.1 Å². The number of aromatic nitrogens is 1. The van der Waals surface area contributed by atoms with Crippen molar-refractivity contribution in [2.24, 2.45) is 0 Å². The SMILES string of the molecule is Cc1cc(Cl)cc2sc(N(CCN(C)C)C(=O)c3ccc(S(=O)(=O)N(C)Cc4ccccc4)cc3)nc12.Cl. The summed E-state index contributed by atoms with van der Waals surface area (Å²) in [6.07, 6.45) is 0. The second-order valence-electron chi connectivity index (χ2n) is 9.10. The fraction of sp³-hybridized carbons (Fsp3) is 0.259. The Balaban J connectivity index is 0.00000400. The number of hydrogen-bond acceptors (Lipinski definition) is 6. The molecule has 0 radical (unpaired) electrons. The highest BCUT2D eigenvalue weighted by atomic mass is 35.5. The molecule has 0 aliphatic carbocycles. The maximum absolute atomic E-state index is 13.6. The summed E-state index contributed by atoms with van der Waals surface area (Å²) in [7, 11) is 1.71. The third-order valence-electron chi connectivity index (χ3n) is 5.94. The highest BCUT2D eigenvalue weighted by Crippen LogP contribution is 2.33. The molecule has 0 aliphatic heterocycles. The number of halogens is 2. The minimum Gasteiger partial charge on any atom is -0.308 e. The topological polar surface area (TPSA) is 73.8 Å². The van der Waals surface area contributed by atoms with Crippen LogP contribution in [0.1, 0.15) is 21.5 Å². The van der Waals surface area contributed by atoms with Gasteiger partial charge in [0.25, 0.3) is 5.91 Å². The molecule has 0 bridgehead atoms. The molecule has 0 fully saturated rings. The van der Waals surface area contributed by atoms with Crippen LogP contribution in [0.3, 0.4) is 0 Å². The van der Waals surface area contributed by atoms with Gasteiger partial charge in [-0.2, -0.15) is 4.31 Å². The molecule has 0 spiro atoms. The van der Waals surface area contributed by atoms with Gasteiger partial charge in [0.15, 0.2) is 5.13 Å². The average molecular weight is 594 g/mol. The average Bonchev–Trinajstić information content (AvgIpc) is 3.28. The van der Waals surface area contributed by atoms with Crippen LogP contribution < -0.4 is 4.90 Å². The van der Waals surface area contributed by atoms with Gasteiger partial charge in [-0.05, 0) is 68.5 Å². The zero-order chi connectivity index (χ0) is 26.7. The molecule has 202 valence electrons. The molecule has 11 heteroatoms. The lowest BCUT2D eigenvalue weighted by molar-refractivity contribution is 0.0985. The van der Waals surface area contributed by atoms with Crippen molar-refractivity contribution in [1.29, 1.82) is 0 Å². The number of hydrogen-bond donors (Lipinski definition) is 0. The van der Waals surface area contributed by atoms with Crippen LogP contribution in [0.15, 0.2) is 71.6 Å². The zero-order valence-corrected chi connectivity index (χ0v) is 24.8. The molecular weight excluding hydrogens is 563 g/mol. The van der Waals surface area contributed by atoms with Gasteiger partial charge in [-0.25, -0.2) is 13.4 Å². The number of aryl methyl sites for hydroxylation is 1. The molecule has 0 aliphatic rings. The van der Waals surface area contributed by atoms with E-state index in [9.17, 15) is 13.2 Å². The molecule has 4 rings (SSSR count). The minimum atomic E-state index is -3.72. The van der Waals surface area contributed by atoms with Gasteiger partial charge in [0.05, 0.1) is 15.1 Å². The Bertz CT molecular complexity index is 1510. The van der Waals surface area contributed by atoms with Crippen molar-refractivity contribution in [1.82, 2.24) is 14.2 Å². The molecule has 0 saturated carbocycles. The van der Waals surface area contributed by atoms with Crippen molar-refractivity contribution in [2.75, 3.05) is 39.1 Å². The Morgan fingerprint density at radius 1 is 0.974 bits per heavy atom. The van der Waals surface area contributed by atoms with E-state index >= 15 is 0 Å². The normalized spacial score (nSPS) is 11.7. The van der Waals surface area contributed by atoms with Crippen LogP contribution in [0.5, 0.6) is 0 Å². The number of rotatable bonds is 9. The first-order valence-corrected chi connectivity index (χ1v) is 14.3. The van der Waals surface area contributed by atoms with Crippen molar-refractivity contribution in [3.05, 3.63) is 88.4 Å². The van der Waals surface area contributed by atoms with E-state index in [1.165, 1.54) is 27.8 Å². The van der Waals surface area contributed by atoms with Gasteiger partial charge in [-0.1, -0.05) is 53.3 Å². The number of anilines is 1. The van der Waals surface area contributed by atoms with E-state index in [4.69, 9.17) is 16.6 Å². The predicted molar refractivity (Wildman–Crippen MR) is 158 cm³/mol. The molecule has 1 amide bonds. The minimum absolute atomic E-state index is 0. The van der Waals surface area contributed by atoms with E-state index < -0.39 is 10.0 Å². The largest absolute Gasteiger partial charge is 0.308 e. The number of carbonyl (C=O) groups is 1. The standard InChI is InChI=1S/C27H29ClN4O3S2.ClH/c1-19-16-22(28)17-24-25(19)29-27(36-24)32(15-14-30(2)3)26(33)21-10-12-23(13-11-21)37(34,35)31(4)18-20-8-6-5-7-9-20;/h5-13,16-17H,14-15,18H2,1-4H3;1H. The predicted octanol–water partition coefficient (Wildman–Crippen LogP) is 5.71. The Morgan fingerprint density at radius 2 is 1.63 bits per heavy atom. The number of benzene rings is 3. The van der Waals surface area contributed by atoms with E-state index in [0.29, 0.717) is 28.8 Å². The van der Waals surface area contributed by atoms with Gasteiger partial charge in [-0.15, -0.1) is 12.4 Å². The molecule has 0 N–H and O–H groups in total. The summed E-state index contributed by atoms with van der Waals surface area (Å²) in [5.74, 6) is -0.244. The Hall–Kier alpha value is -2.53. The monoisotopic (exact) mass is 592 g/mol. The van der Waals surface area contributed by atoms with E-state index in [-0.39, 0.29) is 29.8 Å². The van der Waals surface area contributed by atoms with Gasteiger partial charge >= 0.3 is 0 Å². The fourth-order valence-electron chi connectivity index (χ4n) is 3.87. The van der Waals surface area contributed by atoms with Crippen LogP contribution in [0.4, 0.5) is 5.13 Å². The first-order chi connectivity index (χ1) is 17.6. The number of likely N-dealkylation sites (N-methyl/N-ethyl adjacent to an activating group) is 1. The van der Waals surface area contributed by atoms with Crippen LogP contribution in [0.2, 0.25) is 5.02 Å². The molecule has 4 aromatic rings. The van der Waals surface area contributed by atoms with Gasteiger partial charge in [0.1, 0.15) is 0 Å². The fourth-order valence-corrected chi connectivity index (χ4v) is 6.48. The summed E-state index contributed by atoms with van der Waals surface area (Å²) in [5.41, 5.74) is 3.04. The maximum atomic E-state index is 13.6. The molecule has 1 aromatic heterocycles. The van der Waals surface area contributed by atoms with Gasteiger partial charge < -0.3 is 4.90 Å². The lowest BCUT2D eigenvalue weighted by Gasteiger charge is -2.22.